The highest BCUT2D eigenvalue weighted by atomic mass is 28.2. The Kier molecular flexibility index (Phi) is 7.27. The summed E-state index contributed by atoms with van der Waals surface area (Å²) in [5.41, 5.74) is 0. The lowest BCUT2D eigenvalue weighted by molar-refractivity contribution is 0.113. The van der Waals surface area contributed by atoms with Crippen molar-refractivity contribution in [2.24, 2.45) is 0 Å². The molecule has 0 aliphatic heterocycles. The third-order valence-electron chi connectivity index (χ3n) is 3.46. The molecule has 0 fully saturated rings. The minimum atomic E-state index is -0.561. The van der Waals surface area contributed by atoms with Crippen molar-refractivity contribution in [1.29, 1.82) is 0 Å². The quantitative estimate of drug-likeness (QED) is 0.601. The molecule has 2 unspecified atom stereocenters. The molecule has 15 heavy (non-hydrogen) atoms. The third kappa shape index (κ3) is 5.44. The van der Waals surface area contributed by atoms with Crippen LogP contribution in [0.15, 0.2) is 0 Å². The fourth-order valence-corrected chi connectivity index (χ4v) is 5.91. The monoisotopic (exact) mass is 264 g/mol. The summed E-state index contributed by atoms with van der Waals surface area (Å²) >= 11 is 0. The van der Waals surface area contributed by atoms with E-state index in [9.17, 15) is 0 Å². The summed E-state index contributed by atoms with van der Waals surface area (Å²) in [6.45, 7) is 13.5. The van der Waals surface area contributed by atoms with Gasteiger partial charge in [-0.3, -0.25) is 0 Å². The molecule has 0 radical (unpaired) electrons. The van der Waals surface area contributed by atoms with Gasteiger partial charge in [-0.1, -0.05) is 26.9 Å². The molecule has 5 heteroatoms. The van der Waals surface area contributed by atoms with Gasteiger partial charge >= 0.3 is 0 Å². The molecule has 2 atom stereocenters. The Morgan fingerprint density at radius 2 is 1.47 bits per heavy atom. The minimum Gasteiger partial charge on any atom is -0.420 e. The van der Waals surface area contributed by atoms with Gasteiger partial charge in [-0.15, -0.1) is 0 Å². The fraction of sp³-hybridized carbons (Fsp3) is 1.00. The molecule has 0 N–H and O–H groups in total. The number of rotatable bonds is 8. The van der Waals surface area contributed by atoms with Gasteiger partial charge in [-0.25, -0.2) is 0 Å². The summed E-state index contributed by atoms with van der Waals surface area (Å²) < 4.78 is 12.2. The van der Waals surface area contributed by atoms with Crippen LogP contribution in [0.1, 0.15) is 40.5 Å². The van der Waals surface area contributed by atoms with Gasteiger partial charge in [0.25, 0.3) is 0 Å². The number of hydrogen-bond donors (Lipinski definition) is 0. The Morgan fingerprint density at radius 1 is 0.933 bits per heavy atom. The van der Waals surface area contributed by atoms with E-state index in [-0.39, 0.29) is 29.7 Å². The molecule has 2 nitrogen and oxygen atoms in total. The van der Waals surface area contributed by atoms with Crippen LogP contribution in [0, 0.1) is 0 Å². The summed E-state index contributed by atoms with van der Waals surface area (Å²) in [7, 11) is -0.964. The first-order chi connectivity index (χ1) is 6.95. The summed E-state index contributed by atoms with van der Waals surface area (Å²) in [5.74, 6) is 0. The minimum absolute atomic E-state index is 0.0908. The molecule has 0 saturated carbocycles. The molecule has 0 aromatic heterocycles. The largest absolute Gasteiger partial charge is 0.420 e. The Balaban J connectivity index is 4.20. The van der Waals surface area contributed by atoms with Crippen LogP contribution < -0.4 is 0 Å². The van der Waals surface area contributed by atoms with E-state index in [1.54, 1.807) is 0 Å². The average molecular weight is 265 g/mol. The van der Waals surface area contributed by atoms with Crippen LogP contribution in [0.4, 0.5) is 0 Å². The van der Waals surface area contributed by atoms with E-state index in [2.05, 4.69) is 40.8 Å². The topological polar surface area (TPSA) is 18.5 Å². The molecule has 0 amide bonds. The summed E-state index contributed by atoms with van der Waals surface area (Å²) in [6.07, 6.45) is 2.26. The standard InChI is InChI=1S/C10H28O2Si3/c1-7-9(3,13-5)12-15-10(4,8-2)11-14-6/h7-8,13-15H2,1-6H3. The molecule has 0 aliphatic rings. The maximum Gasteiger partial charge on any atom is 0.192 e. The van der Waals surface area contributed by atoms with E-state index in [0.29, 0.717) is 0 Å². The first-order valence-electron chi connectivity index (χ1n) is 6.23. The molecule has 0 aromatic carbocycles. The first-order valence-corrected chi connectivity index (χ1v) is 11.6. The van der Waals surface area contributed by atoms with Crippen molar-refractivity contribution in [3.8, 4) is 0 Å². The van der Waals surface area contributed by atoms with Gasteiger partial charge in [0, 0.05) is 5.22 Å². The van der Waals surface area contributed by atoms with E-state index in [0.717, 1.165) is 12.8 Å². The molecular weight excluding hydrogens is 236 g/mol. The zero-order valence-electron chi connectivity index (χ0n) is 11.4. The van der Waals surface area contributed by atoms with Crippen molar-refractivity contribution in [2.75, 3.05) is 0 Å². The SMILES string of the molecule is CCC(C)(O[SiH2]C(C)(CC)O[SiH2]C)[SiH2]C. The summed E-state index contributed by atoms with van der Waals surface area (Å²) in [6, 6.07) is 0. The zero-order valence-corrected chi connectivity index (χ0v) is 15.6. The summed E-state index contributed by atoms with van der Waals surface area (Å²) in [4.78, 5) is 0. The lowest BCUT2D eigenvalue weighted by Gasteiger charge is -2.35. The fourth-order valence-electron chi connectivity index (χ4n) is 1.38. The van der Waals surface area contributed by atoms with E-state index in [1.165, 1.54) is 0 Å². The Bertz CT molecular complexity index is 174. The smallest absolute Gasteiger partial charge is 0.192 e. The average Bonchev–Trinajstić information content (AvgIpc) is 2.26. The molecule has 0 rings (SSSR count). The molecule has 0 bridgehead atoms. The van der Waals surface area contributed by atoms with E-state index in [1.807, 2.05) is 0 Å². The normalized spacial score (nSPS) is 22.0. The van der Waals surface area contributed by atoms with Gasteiger partial charge in [-0.05, 0) is 26.7 Å². The maximum atomic E-state index is 6.23. The van der Waals surface area contributed by atoms with Crippen LogP contribution in [0.5, 0.6) is 0 Å². The van der Waals surface area contributed by atoms with Crippen molar-refractivity contribution >= 4 is 29.0 Å². The van der Waals surface area contributed by atoms with Crippen molar-refractivity contribution in [1.82, 2.24) is 0 Å². The highest BCUT2D eigenvalue weighted by Gasteiger charge is 2.28. The highest BCUT2D eigenvalue weighted by molar-refractivity contribution is 6.41. The second-order valence-corrected chi connectivity index (χ2v) is 9.82. The lowest BCUT2D eigenvalue weighted by Crippen LogP contribution is -2.44. The van der Waals surface area contributed by atoms with Crippen molar-refractivity contribution in [3.63, 3.8) is 0 Å². The maximum absolute atomic E-state index is 6.23. The van der Waals surface area contributed by atoms with Crippen LogP contribution in [0.25, 0.3) is 0 Å². The van der Waals surface area contributed by atoms with Gasteiger partial charge < -0.3 is 8.85 Å². The molecular formula is C10H28O2Si3. The van der Waals surface area contributed by atoms with Gasteiger partial charge in [0.05, 0.1) is 14.7 Å². The van der Waals surface area contributed by atoms with Crippen LogP contribution in [0.3, 0.4) is 0 Å². The third-order valence-corrected chi connectivity index (χ3v) is 9.62. The van der Waals surface area contributed by atoms with Gasteiger partial charge in [0.2, 0.25) is 0 Å². The molecule has 0 spiro atoms. The molecule has 92 valence electrons. The second-order valence-electron chi connectivity index (χ2n) is 4.68. The van der Waals surface area contributed by atoms with Crippen molar-refractivity contribution in [3.05, 3.63) is 0 Å². The molecule has 0 heterocycles. The zero-order chi connectivity index (χ0) is 11.9. The predicted octanol–water partition coefficient (Wildman–Crippen LogP) is 0.705. The van der Waals surface area contributed by atoms with Crippen LogP contribution in [-0.4, -0.2) is 39.5 Å². The lowest BCUT2D eigenvalue weighted by atomic mass is 10.3. The van der Waals surface area contributed by atoms with E-state index >= 15 is 0 Å². The van der Waals surface area contributed by atoms with Crippen LogP contribution in [0.2, 0.25) is 13.1 Å². The van der Waals surface area contributed by atoms with Gasteiger partial charge in [0.15, 0.2) is 19.5 Å². The Morgan fingerprint density at radius 3 is 1.80 bits per heavy atom. The predicted molar refractivity (Wildman–Crippen MR) is 76.9 cm³/mol. The highest BCUT2D eigenvalue weighted by Crippen LogP contribution is 2.19. The van der Waals surface area contributed by atoms with Gasteiger partial charge in [0.1, 0.15) is 0 Å². The van der Waals surface area contributed by atoms with Crippen LogP contribution >= 0.6 is 0 Å². The van der Waals surface area contributed by atoms with Gasteiger partial charge in [-0.2, -0.15) is 0 Å². The van der Waals surface area contributed by atoms with E-state index < -0.39 is 9.76 Å². The van der Waals surface area contributed by atoms with Crippen molar-refractivity contribution < 1.29 is 8.85 Å². The number of hydrogen-bond acceptors (Lipinski definition) is 2. The Labute approximate surface area is 102 Å². The first kappa shape index (κ1) is 15.6. The second kappa shape index (κ2) is 7.01. The summed E-state index contributed by atoms with van der Waals surface area (Å²) in [5, 5.41) is 0.322. The Hall–Kier alpha value is 0.571. The molecule has 0 saturated heterocycles. The molecule has 0 aromatic rings. The molecule has 0 aliphatic carbocycles. The van der Waals surface area contributed by atoms with Crippen LogP contribution in [-0.2, 0) is 8.85 Å². The van der Waals surface area contributed by atoms with Crippen molar-refractivity contribution in [2.45, 2.75) is 64.1 Å². The van der Waals surface area contributed by atoms with E-state index in [4.69, 9.17) is 8.85 Å².